The minimum atomic E-state index is -0.0187. The molecular formula is C18H23ClN2O2S. The molecule has 1 aromatic carbocycles. The molecule has 0 aliphatic rings. The molecule has 0 aliphatic carbocycles. The molecular weight excluding hydrogens is 344 g/mol. The average molecular weight is 367 g/mol. The zero-order chi connectivity index (χ0) is 17.7. The second-order valence-corrected chi connectivity index (χ2v) is 7.26. The van der Waals surface area contributed by atoms with E-state index >= 15 is 0 Å². The van der Waals surface area contributed by atoms with Crippen molar-refractivity contribution in [3.05, 3.63) is 44.4 Å². The van der Waals surface area contributed by atoms with Crippen LogP contribution in [0.2, 0.25) is 5.02 Å². The smallest absolute Gasteiger partial charge is 0.265 e. The lowest BCUT2D eigenvalue weighted by Crippen LogP contribution is -2.26. The molecule has 0 bridgehead atoms. The van der Waals surface area contributed by atoms with E-state index in [1.807, 2.05) is 19.1 Å². The number of thiazole rings is 1. The Kier molecular flexibility index (Phi) is 6.63. The third kappa shape index (κ3) is 4.48. The highest BCUT2D eigenvalue weighted by atomic mass is 35.5. The molecule has 2 aromatic rings. The van der Waals surface area contributed by atoms with Crippen molar-refractivity contribution in [3.63, 3.8) is 0 Å². The third-order valence-corrected chi connectivity index (χ3v) is 5.22. The lowest BCUT2D eigenvalue weighted by atomic mass is 10.2. The van der Waals surface area contributed by atoms with Crippen LogP contribution in [0.25, 0.3) is 0 Å². The number of unbranched alkanes of at least 4 members (excludes halogenated alkanes) is 1. The van der Waals surface area contributed by atoms with Crippen molar-refractivity contribution in [2.24, 2.45) is 0 Å². The Bertz CT molecular complexity index is 715. The number of hydrogen-bond donors (Lipinski definition) is 0. The summed E-state index contributed by atoms with van der Waals surface area (Å²) in [6.45, 7) is 4.48. The number of benzene rings is 1. The second kappa shape index (κ2) is 8.49. The van der Waals surface area contributed by atoms with Crippen molar-refractivity contribution in [1.82, 2.24) is 9.88 Å². The molecule has 0 radical (unpaired) electrons. The summed E-state index contributed by atoms with van der Waals surface area (Å²) in [4.78, 5) is 19.7. The van der Waals surface area contributed by atoms with E-state index in [0.29, 0.717) is 16.4 Å². The Morgan fingerprint density at radius 2 is 2.17 bits per heavy atom. The summed E-state index contributed by atoms with van der Waals surface area (Å²) in [5, 5.41) is 1.66. The zero-order valence-corrected chi connectivity index (χ0v) is 16.1. The SMILES string of the molecule is CCCCc1nc(C)c(C(=O)N(C)Cc2cc(Cl)ccc2OC)s1. The van der Waals surface area contributed by atoms with Gasteiger partial charge in [-0.15, -0.1) is 11.3 Å². The number of methoxy groups -OCH3 is 1. The van der Waals surface area contributed by atoms with E-state index in [9.17, 15) is 4.79 Å². The van der Waals surface area contributed by atoms with Gasteiger partial charge in [0.05, 0.1) is 17.8 Å². The monoisotopic (exact) mass is 366 g/mol. The molecule has 0 N–H and O–H groups in total. The van der Waals surface area contributed by atoms with Gasteiger partial charge >= 0.3 is 0 Å². The first-order valence-electron chi connectivity index (χ1n) is 8.00. The lowest BCUT2D eigenvalue weighted by Gasteiger charge is -2.18. The first kappa shape index (κ1) is 18.7. The minimum absolute atomic E-state index is 0.0187. The summed E-state index contributed by atoms with van der Waals surface area (Å²) in [5.41, 5.74) is 1.69. The highest BCUT2D eigenvalue weighted by Crippen LogP contribution is 2.26. The van der Waals surface area contributed by atoms with E-state index in [0.717, 1.165) is 41.3 Å². The Morgan fingerprint density at radius 3 is 2.83 bits per heavy atom. The zero-order valence-electron chi connectivity index (χ0n) is 14.6. The van der Waals surface area contributed by atoms with Crippen LogP contribution in [0, 0.1) is 6.92 Å². The number of ether oxygens (including phenoxy) is 1. The number of carbonyl (C=O) groups excluding carboxylic acids is 1. The van der Waals surface area contributed by atoms with Crippen LogP contribution in [0.5, 0.6) is 5.75 Å². The molecule has 2 rings (SSSR count). The highest BCUT2D eigenvalue weighted by Gasteiger charge is 2.20. The van der Waals surface area contributed by atoms with Crippen LogP contribution < -0.4 is 4.74 Å². The van der Waals surface area contributed by atoms with Crippen molar-refractivity contribution < 1.29 is 9.53 Å². The Balaban J connectivity index is 2.15. The van der Waals surface area contributed by atoms with Crippen molar-refractivity contribution in [3.8, 4) is 5.75 Å². The van der Waals surface area contributed by atoms with Crippen LogP contribution >= 0.6 is 22.9 Å². The number of amides is 1. The van der Waals surface area contributed by atoms with E-state index in [1.165, 1.54) is 11.3 Å². The van der Waals surface area contributed by atoms with Crippen LogP contribution in [-0.2, 0) is 13.0 Å². The molecule has 0 atom stereocenters. The molecule has 1 heterocycles. The minimum Gasteiger partial charge on any atom is -0.496 e. The maximum atomic E-state index is 12.8. The molecule has 0 aliphatic heterocycles. The van der Waals surface area contributed by atoms with Gasteiger partial charge in [-0.2, -0.15) is 0 Å². The fourth-order valence-corrected chi connectivity index (χ4v) is 3.75. The Hall–Kier alpha value is -1.59. The largest absolute Gasteiger partial charge is 0.496 e. The summed E-state index contributed by atoms with van der Waals surface area (Å²) < 4.78 is 5.35. The van der Waals surface area contributed by atoms with Gasteiger partial charge in [0.1, 0.15) is 10.6 Å². The number of carbonyl (C=O) groups is 1. The number of hydrogen-bond acceptors (Lipinski definition) is 4. The Labute approximate surface area is 152 Å². The number of aromatic nitrogens is 1. The predicted octanol–water partition coefficient (Wildman–Crippen LogP) is 4.73. The normalized spacial score (nSPS) is 10.7. The van der Waals surface area contributed by atoms with E-state index in [-0.39, 0.29) is 5.91 Å². The van der Waals surface area contributed by atoms with Gasteiger partial charge in [-0.25, -0.2) is 4.98 Å². The Morgan fingerprint density at radius 1 is 1.42 bits per heavy atom. The fraction of sp³-hybridized carbons (Fsp3) is 0.444. The fourth-order valence-electron chi connectivity index (χ4n) is 2.46. The molecule has 24 heavy (non-hydrogen) atoms. The maximum Gasteiger partial charge on any atom is 0.265 e. The number of nitrogens with zero attached hydrogens (tertiary/aromatic N) is 2. The van der Waals surface area contributed by atoms with Crippen molar-refractivity contribution in [1.29, 1.82) is 0 Å². The summed E-state index contributed by atoms with van der Waals surface area (Å²) in [7, 11) is 3.40. The van der Waals surface area contributed by atoms with Gasteiger partial charge in [0.2, 0.25) is 0 Å². The average Bonchev–Trinajstić information content (AvgIpc) is 2.93. The van der Waals surface area contributed by atoms with Gasteiger partial charge in [-0.3, -0.25) is 4.79 Å². The molecule has 0 spiro atoms. The predicted molar refractivity (Wildman–Crippen MR) is 99.3 cm³/mol. The van der Waals surface area contributed by atoms with Gasteiger partial charge in [0, 0.05) is 24.2 Å². The van der Waals surface area contributed by atoms with Crippen LogP contribution in [0.1, 0.15) is 45.7 Å². The van der Waals surface area contributed by atoms with Crippen molar-refractivity contribution in [2.75, 3.05) is 14.2 Å². The first-order chi connectivity index (χ1) is 11.5. The first-order valence-corrected chi connectivity index (χ1v) is 9.19. The number of halogens is 1. The van der Waals surface area contributed by atoms with Crippen LogP contribution in [0.3, 0.4) is 0 Å². The number of rotatable bonds is 7. The topological polar surface area (TPSA) is 42.4 Å². The highest BCUT2D eigenvalue weighted by molar-refractivity contribution is 7.13. The van der Waals surface area contributed by atoms with Crippen molar-refractivity contribution in [2.45, 2.75) is 39.7 Å². The molecule has 0 saturated carbocycles. The molecule has 1 amide bonds. The summed E-state index contributed by atoms with van der Waals surface area (Å²) in [5.74, 6) is 0.707. The summed E-state index contributed by atoms with van der Waals surface area (Å²) in [6.07, 6.45) is 3.15. The van der Waals surface area contributed by atoms with Crippen molar-refractivity contribution >= 4 is 28.8 Å². The lowest BCUT2D eigenvalue weighted by molar-refractivity contribution is 0.0788. The molecule has 1 aromatic heterocycles. The summed E-state index contributed by atoms with van der Waals surface area (Å²) >= 11 is 7.56. The summed E-state index contributed by atoms with van der Waals surface area (Å²) in [6, 6.07) is 5.42. The third-order valence-electron chi connectivity index (χ3n) is 3.78. The molecule has 0 saturated heterocycles. The quantitative estimate of drug-likeness (QED) is 0.711. The molecule has 130 valence electrons. The van der Waals surface area contributed by atoms with Gasteiger partial charge in [0.25, 0.3) is 5.91 Å². The number of aryl methyl sites for hydroxylation is 2. The van der Waals surface area contributed by atoms with Crippen LogP contribution in [0.15, 0.2) is 18.2 Å². The van der Waals surface area contributed by atoms with Gasteiger partial charge < -0.3 is 9.64 Å². The van der Waals surface area contributed by atoms with Crippen LogP contribution in [-0.4, -0.2) is 29.9 Å². The maximum absolute atomic E-state index is 12.8. The molecule has 0 fully saturated rings. The standard InChI is InChI=1S/C18H23ClN2O2S/c1-5-6-7-16-20-12(2)17(24-16)18(22)21(3)11-13-10-14(19)8-9-15(13)23-4/h8-10H,5-7,11H2,1-4H3. The van der Waals surface area contributed by atoms with Crippen LogP contribution in [0.4, 0.5) is 0 Å². The van der Waals surface area contributed by atoms with Gasteiger partial charge in [0.15, 0.2) is 0 Å². The van der Waals surface area contributed by atoms with Gasteiger partial charge in [-0.1, -0.05) is 24.9 Å². The van der Waals surface area contributed by atoms with E-state index < -0.39 is 0 Å². The molecule has 4 nitrogen and oxygen atoms in total. The molecule has 0 unspecified atom stereocenters. The second-order valence-electron chi connectivity index (χ2n) is 5.74. The van der Waals surface area contributed by atoms with E-state index in [1.54, 1.807) is 25.1 Å². The molecule has 6 heteroatoms. The van der Waals surface area contributed by atoms with E-state index in [4.69, 9.17) is 16.3 Å². The van der Waals surface area contributed by atoms with Gasteiger partial charge in [-0.05, 0) is 38.0 Å². The van der Waals surface area contributed by atoms with E-state index in [2.05, 4.69) is 11.9 Å².